The second-order valence-corrected chi connectivity index (χ2v) is 1.92. The monoisotopic (exact) mass is 179 g/mol. The number of methoxy groups -OCH3 is 1. The van der Waals surface area contributed by atoms with Crippen LogP contribution in [0.3, 0.4) is 0 Å². The summed E-state index contributed by atoms with van der Waals surface area (Å²) < 4.78 is 4.11. The molecule has 1 N–H and O–H groups in total. The minimum absolute atomic E-state index is 0. The third kappa shape index (κ3) is 493. The minimum atomic E-state index is -0.245. The lowest BCUT2D eigenvalue weighted by Gasteiger charge is -1.80. The van der Waals surface area contributed by atoms with Crippen molar-refractivity contribution in [2.45, 2.75) is 27.7 Å². The van der Waals surface area contributed by atoms with Crippen molar-refractivity contribution in [2.75, 3.05) is 13.7 Å². The van der Waals surface area contributed by atoms with Gasteiger partial charge in [-0.1, -0.05) is 0 Å². The Morgan fingerprint density at radius 2 is 1.42 bits per heavy atom. The number of carbonyl (C=O) groups is 2. The lowest BCUT2D eigenvalue weighted by Crippen LogP contribution is -1.88. The number of Topliss-reactive ketones (excluding diaryl/α,β-unsaturated/α-hetero) is 1. The van der Waals surface area contributed by atoms with Crippen LogP contribution in [0.5, 0.6) is 0 Å². The van der Waals surface area contributed by atoms with Gasteiger partial charge in [0.1, 0.15) is 5.78 Å². The number of aliphatic hydroxyl groups is 1. The van der Waals surface area contributed by atoms with Crippen molar-refractivity contribution < 1.29 is 20.9 Å². The molecular formula is C8H19O4+. The SMILES string of the molecule is CC(C)=O.CCO.COC(C)=O.[H+]. The van der Waals surface area contributed by atoms with E-state index in [1.807, 2.05) is 0 Å². The van der Waals surface area contributed by atoms with Gasteiger partial charge < -0.3 is 14.6 Å². The first-order valence-corrected chi connectivity index (χ1v) is 3.54. The van der Waals surface area contributed by atoms with Gasteiger partial charge in [-0.15, -0.1) is 0 Å². The van der Waals surface area contributed by atoms with Gasteiger partial charge in [0.15, 0.2) is 0 Å². The normalized spacial score (nSPS) is 6.50. The fraction of sp³-hybridized carbons (Fsp3) is 0.750. The summed E-state index contributed by atoms with van der Waals surface area (Å²) in [6, 6.07) is 0. The van der Waals surface area contributed by atoms with Gasteiger partial charge in [0, 0.05) is 13.5 Å². The van der Waals surface area contributed by atoms with Gasteiger partial charge in [-0.05, 0) is 20.8 Å². The Labute approximate surface area is 75.0 Å². The third-order valence-corrected chi connectivity index (χ3v) is 0.287. The first kappa shape index (κ1) is 17.3. The number of ether oxygens (including phenoxy) is 1. The second kappa shape index (κ2) is 16.6. The molecule has 4 heteroatoms. The smallest absolute Gasteiger partial charge is 0.469 e. The van der Waals surface area contributed by atoms with Crippen molar-refractivity contribution in [1.82, 2.24) is 0 Å². The first-order chi connectivity index (χ1) is 5.42. The van der Waals surface area contributed by atoms with Crippen molar-refractivity contribution in [3.05, 3.63) is 0 Å². The fourth-order valence-corrected chi connectivity index (χ4v) is 0. The number of aliphatic hydroxyl groups excluding tert-OH is 1. The van der Waals surface area contributed by atoms with E-state index >= 15 is 0 Å². The van der Waals surface area contributed by atoms with Crippen LogP contribution in [0, 0.1) is 0 Å². The Morgan fingerprint density at radius 1 is 1.33 bits per heavy atom. The molecule has 0 unspecified atom stereocenters. The number of hydrogen-bond donors (Lipinski definition) is 1. The van der Waals surface area contributed by atoms with Gasteiger partial charge in [-0.25, -0.2) is 0 Å². The van der Waals surface area contributed by atoms with E-state index in [2.05, 4.69) is 4.74 Å². The van der Waals surface area contributed by atoms with Gasteiger partial charge in [-0.2, -0.15) is 0 Å². The lowest BCUT2D eigenvalue weighted by molar-refractivity contribution is -0.137. The van der Waals surface area contributed by atoms with Crippen LogP contribution in [0.25, 0.3) is 0 Å². The summed E-state index contributed by atoms with van der Waals surface area (Å²) in [6.45, 7) is 6.35. The average molecular weight is 179 g/mol. The Kier molecular flexibility index (Phi) is 23.9. The van der Waals surface area contributed by atoms with Crippen LogP contribution in [0.2, 0.25) is 0 Å². The van der Waals surface area contributed by atoms with Crippen molar-refractivity contribution in [3.8, 4) is 0 Å². The summed E-state index contributed by atoms with van der Waals surface area (Å²) in [4.78, 5) is 19.0. The zero-order valence-corrected chi connectivity index (χ0v) is 8.38. The van der Waals surface area contributed by atoms with Crippen LogP contribution in [-0.2, 0) is 14.3 Å². The predicted octanol–water partition coefficient (Wildman–Crippen LogP) is 0.886. The topological polar surface area (TPSA) is 63.6 Å². The van der Waals surface area contributed by atoms with E-state index in [4.69, 9.17) is 5.11 Å². The van der Waals surface area contributed by atoms with Crippen LogP contribution in [0.4, 0.5) is 0 Å². The molecule has 0 rings (SSSR count). The molecule has 0 aliphatic carbocycles. The molecule has 0 saturated carbocycles. The second-order valence-electron chi connectivity index (χ2n) is 1.92. The summed E-state index contributed by atoms with van der Waals surface area (Å²) in [5.41, 5.74) is 0. The maximum Gasteiger partial charge on any atom is 1.00 e. The highest BCUT2D eigenvalue weighted by Crippen LogP contribution is 1.60. The summed E-state index contributed by atoms with van der Waals surface area (Å²) in [5.74, 6) is -0.0787. The molecular weight excluding hydrogens is 160 g/mol. The molecule has 0 radical (unpaired) electrons. The van der Waals surface area contributed by atoms with Crippen molar-refractivity contribution >= 4 is 11.8 Å². The van der Waals surface area contributed by atoms with Gasteiger partial charge in [0.2, 0.25) is 0 Å². The van der Waals surface area contributed by atoms with E-state index < -0.39 is 0 Å². The average Bonchev–Trinajstić information content (AvgIpc) is 1.88. The molecule has 0 aliphatic heterocycles. The number of hydrogen-bond acceptors (Lipinski definition) is 4. The largest absolute Gasteiger partial charge is 1.00 e. The van der Waals surface area contributed by atoms with E-state index in [0.29, 0.717) is 0 Å². The summed E-state index contributed by atoms with van der Waals surface area (Å²) in [5, 5.41) is 7.57. The molecule has 74 valence electrons. The molecule has 12 heavy (non-hydrogen) atoms. The highest BCUT2D eigenvalue weighted by Gasteiger charge is 1.75. The molecule has 0 bridgehead atoms. The third-order valence-electron chi connectivity index (χ3n) is 0.287. The Morgan fingerprint density at radius 3 is 1.42 bits per heavy atom. The Bertz CT molecular complexity index is 111. The standard InChI is InChI=1S/C3H6O2.C3H6O.C2H6O/c1-3(4)5-2;1-3(2)4;1-2-3/h1-2H3;1-2H3;3H,2H2,1H3/p+1. The molecule has 0 amide bonds. The van der Waals surface area contributed by atoms with Crippen LogP contribution < -0.4 is 0 Å². The molecule has 0 heterocycles. The Balaban J connectivity index is -0.0000000465. The van der Waals surface area contributed by atoms with Gasteiger partial charge in [0.05, 0.1) is 7.11 Å². The molecule has 0 spiro atoms. The molecule has 0 aliphatic rings. The molecule has 0 aromatic heterocycles. The van der Waals surface area contributed by atoms with E-state index in [1.165, 1.54) is 27.9 Å². The first-order valence-electron chi connectivity index (χ1n) is 3.54. The predicted molar refractivity (Wildman–Crippen MR) is 47.9 cm³/mol. The van der Waals surface area contributed by atoms with E-state index in [0.717, 1.165) is 0 Å². The Hall–Kier alpha value is -0.900. The fourth-order valence-electron chi connectivity index (χ4n) is 0. The highest BCUT2D eigenvalue weighted by molar-refractivity contribution is 5.72. The zero-order chi connectivity index (χ0) is 10.6. The van der Waals surface area contributed by atoms with Crippen LogP contribution in [0.1, 0.15) is 29.1 Å². The number of ketones is 1. The molecule has 4 nitrogen and oxygen atoms in total. The summed E-state index contributed by atoms with van der Waals surface area (Å²) >= 11 is 0. The van der Waals surface area contributed by atoms with Crippen LogP contribution in [-0.4, -0.2) is 30.6 Å². The number of rotatable bonds is 0. The lowest BCUT2D eigenvalue weighted by atomic mass is 10.6. The number of esters is 1. The van der Waals surface area contributed by atoms with Crippen molar-refractivity contribution in [1.29, 1.82) is 0 Å². The highest BCUT2D eigenvalue weighted by atomic mass is 16.5. The van der Waals surface area contributed by atoms with Crippen molar-refractivity contribution in [2.24, 2.45) is 0 Å². The quantitative estimate of drug-likeness (QED) is 0.561. The number of carbonyl (C=O) groups excluding carboxylic acids is 2. The van der Waals surface area contributed by atoms with E-state index in [9.17, 15) is 9.59 Å². The van der Waals surface area contributed by atoms with Gasteiger partial charge in [0.25, 0.3) is 0 Å². The summed E-state index contributed by atoms with van der Waals surface area (Å²) in [6.07, 6.45) is 0. The van der Waals surface area contributed by atoms with E-state index in [-0.39, 0.29) is 19.8 Å². The maximum atomic E-state index is 9.59. The van der Waals surface area contributed by atoms with Crippen molar-refractivity contribution in [3.63, 3.8) is 0 Å². The molecule has 0 saturated heterocycles. The van der Waals surface area contributed by atoms with Gasteiger partial charge in [-0.3, -0.25) is 4.79 Å². The molecule has 0 fully saturated rings. The van der Waals surface area contributed by atoms with Crippen LogP contribution in [0.15, 0.2) is 0 Å². The minimum Gasteiger partial charge on any atom is -0.469 e. The molecule has 0 atom stereocenters. The summed E-state index contributed by atoms with van der Waals surface area (Å²) in [7, 11) is 1.35. The molecule has 0 aromatic rings. The molecule has 0 aromatic carbocycles. The van der Waals surface area contributed by atoms with Gasteiger partial charge >= 0.3 is 7.40 Å². The maximum absolute atomic E-state index is 9.59. The van der Waals surface area contributed by atoms with E-state index in [1.54, 1.807) is 6.92 Å². The van der Waals surface area contributed by atoms with Crippen LogP contribution >= 0.6 is 0 Å². The zero-order valence-electron chi connectivity index (χ0n) is 9.38.